The predicted octanol–water partition coefficient (Wildman–Crippen LogP) is 4.99. The van der Waals surface area contributed by atoms with Gasteiger partial charge < -0.3 is 9.84 Å². The third-order valence-electron chi connectivity index (χ3n) is 6.32. The van der Waals surface area contributed by atoms with Crippen molar-refractivity contribution in [2.24, 2.45) is 11.8 Å². The number of carbonyl (C=O) groups is 1. The Morgan fingerprint density at radius 1 is 1.21 bits per heavy atom. The molecule has 1 aromatic heterocycles. The Balaban J connectivity index is 1.27. The fourth-order valence-corrected chi connectivity index (χ4v) is 4.46. The summed E-state index contributed by atoms with van der Waals surface area (Å²) in [7, 11) is 0. The third kappa shape index (κ3) is 6.65. The summed E-state index contributed by atoms with van der Waals surface area (Å²) in [4.78, 5) is 19.6. The smallest absolute Gasteiger partial charge is 0.241 e. The van der Waals surface area contributed by atoms with Crippen LogP contribution in [-0.2, 0) is 17.8 Å². The summed E-state index contributed by atoms with van der Waals surface area (Å²) in [6, 6.07) is 17.8. The van der Waals surface area contributed by atoms with Crippen LogP contribution in [0.2, 0.25) is 5.02 Å². The molecule has 1 aliphatic heterocycles. The van der Waals surface area contributed by atoms with Crippen molar-refractivity contribution in [2.75, 3.05) is 19.6 Å². The number of benzene rings is 2. The van der Waals surface area contributed by atoms with Crippen molar-refractivity contribution in [3.05, 3.63) is 71.1 Å². The monoisotopic (exact) mass is 466 g/mol. The topological polar surface area (TPSA) is 71.3 Å². The van der Waals surface area contributed by atoms with Crippen molar-refractivity contribution in [3.63, 3.8) is 0 Å². The highest BCUT2D eigenvalue weighted by molar-refractivity contribution is 6.30. The van der Waals surface area contributed by atoms with Gasteiger partial charge in [-0.05, 0) is 61.6 Å². The second-order valence-corrected chi connectivity index (χ2v) is 9.24. The van der Waals surface area contributed by atoms with Crippen molar-refractivity contribution in [1.29, 1.82) is 0 Å². The lowest BCUT2D eigenvalue weighted by Crippen LogP contribution is -2.43. The van der Waals surface area contributed by atoms with E-state index in [2.05, 4.69) is 51.5 Å². The molecular weight excluding hydrogens is 436 g/mol. The lowest BCUT2D eigenvalue weighted by molar-refractivity contribution is -0.127. The Labute approximate surface area is 200 Å². The van der Waals surface area contributed by atoms with Gasteiger partial charge in [0.15, 0.2) is 0 Å². The van der Waals surface area contributed by atoms with Crippen LogP contribution in [0.1, 0.15) is 37.6 Å². The predicted molar refractivity (Wildman–Crippen MR) is 130 cm³/mol. The zero-order valence-electron chi connectivity index (χ0n) is 19.0. The van der Waals surface area contributed by atoms with Gasteiger partial charge in [0.25, 0.3) is 0 Å². The van der Waals surface area contributed by atoms with Gasteiger partial charge in [-0.25, -0.2) is 0 Å². The minimum atomic E-state index is -0.00774. The molecule has 4 rings (SSSR count). The van der Waals surface area contributed by atoms with Crippen LogP contribution in [0.5, 0.6) is 0 Å². The first kappa shape index (κ1) is 23.5. The first-order valence-corrected chi connectivity index (χ1v) is 12.1. The minimum absolute atomic E-state index is 0.00774. The number of amides is 1. The molecule has 33 heavy (non-hydrogen) atoms. The molecule has 0 spiro atoms. The molecule has 2 atom stereocenters. The van der Waals surface area contributed by atoms with Gasteiger partial charge in [0.2, 0.25) is 17.6 Å². The Kier molecular flexibility index (Phi) is 8.13. The number of hydrogen-bond acceptors (Lipinski definition) is 5. The van der Waals surface area contributed by atoms with E-state index in [0.29, 0.717) is 35.7 Å². The van der Waals surface area contributed by atoms with E-state index in [-0.39, 0.29) is 11.8 Å². The largest absolute Gasteiger partial charge is 0.356 e. The summed E-state index contributed by atoms with van der Waals surface area (Å²) >= 11 is 5.95. The number of nitrogens with zero attached hydrogens (tertiary/aromatic N) is 3. The number of carbonyl (C=O) groups excluding carboxylic acids is 1. The van der Waals surface area contributed by atoms with E-state index in [1.165, 1.54) is 5.56 Å². The number of likely N-dealkylation sites (tertiary alicyclic amines) is 1. The molecular formula is C26H31ClN4O2. The molecule has 1 amide bonds. The average molecular weight is 467 g/mol. The summed E-state index contributed by atoms with van der Waals surface area (Å²) in [5, 5.41) is 7.98. The van der Waals surface area contributed by atoms with E-state index in [1.54, 1.807) is 0 Å². The SMILES string of the molecule is CCC(CNC(=O)C1CCCN(Cc2nc(-c3ccc(Cl)cc3)no2)C1)Cc1ccccc1. The molecule has 7 heteroatoms. The van der Waals surface area contributed by atoms with Crippen molar-refractivity contribution in [3.8, 4) is 11.4 Å². The van der Waals surface area contributed by atoms with Gasteiger partial charge in [-0.2, -0.15) is 4.98 Å². The maximum atomic E-state index is 12.9. The third-order valence-corrected chi connectivity index (χ3v) is 6.57. The lowest BCUT2D eigenvalue weighted by Gasteiger charge is -2.31. The number of hydrogen-bond donors (Lipinski definition) is 1. The van der Waals surface area contributed by atoms with Gasteiger partial charge in [-0.3, -0.25) is 9.69 Å². The summed E-state index contributed by atoms with van der Waals surface area (Å²) in [6.07, 6.45) is 3.93. The highest BCUT2D eigenvalue weighted by Crippen LogP contribution is 2.22. The van der Waals surface area contributed by atoms with Crippen LogP contribution in [0.4, 0.5) is 0 Å². The molecule has 3 aromatic rings. The van der Waals surface area contributed by atoms with Crippen molar-refractivity contribution < 1.29 is 9.32 Å². The van der Waals surface area contributed by atoms with Crippen LogP contribution in [0.25, 0.3) is 11.4 Å². The minimum Gasteiger partial charge on any atom is -0.356 e. The Morgan fingerprint density at radius 3 is 2.76 bits per heavy atom. The lowest BCUT2D eigenvalue weighted by atomic mass is 9.95. The maximum absolute atomic E-state index is 12.9. The van der Waals surface area contributed by atoms with Crippen LogP contribution in [0, 0.1) is 11.8 Å². The molecule has 0 radical (unpaired) electrons. The first-order chi connectivity index (χ1) is 16.1. The van der Waals surface area contributed by atoms with E-state index in [0.717, 1.165) is 44.3 Å². The Morgan fingerprint density at radius 2 is 2.00 bits per heavy atom. The number of rotatable bonds is 9. The summed E-state index contributed by atoms with van der Waals surface area (Å²) in [6.45, 7) is 5.09. The molecule has 2 heterocycles. The number of halogens is 1. The summed E-state index contributed by atoms with van der Waals surface area (Å²) in [5.74, 6) is 1.71. The summed E-state index contributed by atoms with van der Waals surface area (Å²) < 4.78 is 5.46. The van der Waals surface area contributed by atoms with Crippen LogP contribution in [0.15, 0.2) is 59.1 Å². The van der Waals surface area contributed by atoms with Gasteiger partial charge in [0.05, 0.1) is 12.5 Å². The highest BCUT2D eigenvalue weighted by Gasteiger charge is 2.27. The molecule has 1 aliphatic rings. The fraction of sp³-hybridized carbons (Fsp3) is 0.423. The molecule has 0 bridgehead atoms. The fourth-order valence-electron chi connectivity index (χ4n) is 4.34. The maximum Gasteiger partial charge on any atom is 0.241 e. The van der Waals surface area contributed by atoms with E-state index < -0.39 is 0 Å². The second-order valence-electron chi connectivity index (χ2n) is 8.80. The van der Waals surface area contributed by atoms with E-state index in [4.69, 9.17) is 16.1 Å². The number of aromatic nitrogens is 2. The van der Waals surface area contributed by atoms with Crippen LogP contribution in [0.3, 0.4) is 0 Å². The van der Waals surface area contributed by atoms with Gasteiger partial charge in [0.1, 0.15) is 0 Å². The van der Waals surface area contributed by atoms with Crippen molar-refractivity contribution >= 4 is 17.5 Å². The molecule has 1 fully saturated rings. The van der Waals surface area contributed by atoms with Gasteiger partial charge in [-0.15, -0.1) is 0 Å². The van der Waals surface area contributed by atoms with Gasteiger partial charge in [-0.1, -0.05) is 60.4 Å². The molecule has 6 nitrogen and oxygen atoms in total. The summed E-state index contributed by atoms with van der Waals surface area (Å²) in [5.41, 5.74) is 2.19. The Hall–Kier alpha value is -2.70. The van der Waals surface area contributed by atoms with Gasteiger partial charge in [0, 0.05) is 23.7 Å². The molecule has 1 N–H and O–H groups in total. The van der Waals surface area contributed by atoms with Crippen molar-refractivity contribution in [2.45, 2.75) is 39.2 Å². The number of nitrogens with one attached hydrogen (secondary N) is 1. The van der Waals surface area contributed by atoms with Crippen molar-refractivity contribution in [1.82, 2.24) is 20.4 Å². The quantitative estimate of drug-likeness (QED) is 0.481. The van der Waals surface area contributed by atoms with Crippen LogP contribution >= 0.6 is 11.6 Å². The van der Waals surface area contributed by atoms with E-state index in [9.17, 15) is 4.79 Å². The van der Waals surface area contributed by atoms with Crippen LogP contribution < -0.4 is 5.32 Å². The van der Waals surface area contributed by atoms with E-state index >= 15 is 0 Å². The van der Waals surface area contributed by atoms with Crippen LogP contribution in [-0.4, -0.2) is 40.6 Å². The normalized spacial score (nSPS) is 17.6. The zero-order chi connectivity index (χ0) is 23.0. The zero-order valence-corrected chi connectivity index (χ0v) is 19.8. The van der Waals surface area contributed by atoms with Gasteiger partial charge >= 0.3 is 0 Å². The molecule has 1 saturated heterocycles. The first-order valence-electron chi connectivity index (χ1n) is 11.7. The molecule has 174 valence electrons. The van der Waals surface area contributed by atoms with E-state index in [1.807, 2.05) is 30.3 Å². The highest BCUT2D eigenvalue weighted by atomic mass is 35.5. The average Bonchev–Trinajstić information content (AvgIpc) is 3.31. The Bertz CT molecular complexity index is 1020. The number of piperidine rings is 1. The molecule has 2 unspecified atom stereocenters. The standard InChI is InChI=1S/C26H31ClN4O2/c1-2-19(15-20-7-4-3-5-8-20)16-28-26(32)22-9-6-14-31(17-22)18-24-29-25(30-33-24)21-10-12-23(27)13-11-21/h3-5,7-8,10-13,19,22H,2,6,9,14-18H2,1H3,(H,28,32). The molecule has 0 aliphatic carbocycles. The second kappa shape index (κ2) is 11.4. The molecule has 2 aromatic carbocycles. The molecule has 0 saturated carbocycles.